The molecule has 54 valence electrons. The minimum atomic E-state index is 0.881. The molecule has 0 bridgehead atoms. The van der Waals surface area contributed by atoms with E-state index in [1.807, 2.05) is 12.1 Å². The predicted octanol–water partition coefficient (Wildman–Crippen LogP) is 1.65. The molecule has 0 spiro atoms. The topological polar surface area (TPSA) is 22.1 Å². The van der Waals surface area contributed by atoms with Crippen LogP contribution in [0.1, 0.15) is 12.6 Å². The Morgan fingerprint density at radius 3 is 3.00 bits per heavy atom. The van der Waals surface area contributed by atoms with E-state index in [1.165, 1.54) is 0 Å². The molecular formula is C8H11NO. The molecule has 0 N–H and O–H groups in total. The van der Waals surface area contributed by atoms with Crippen LogP contribution in [0, 0.1) is 0 Å². The Hall–Kier alpha value is -1.05. The van der Waals surface area contributed by atoms with Gasteiger partial charge in [-0.2, -0.15) is 0 Å². The zero-order valence-electron chi connectivity index (χ0n) is 6.29. The third kappa shape index (κ3) is 1.47. The standard InChI is InChI=1S/C8H11NO/c1-3-7-6-8(10-2)4-5-9-7/h4-6H,3H2,1-2H3. The number of aryl methyl sites for hydroxylation is 1. The maximum Gasteiger partial charge on any atom is 0.122 e. The molecule has 10 heavy (non-hydrogen) atoms. The zero-order valence-corrected chi connectivity index (χ0v) is 6.29. The quantitative estimate of drug-likeness (QED) is 0.618. The Labute approximate surface area is 60.9 Å². The van der Waals surface area contributed by atoms with Gasteiger partial charge in [0.25, 0.3) is 0 Å². The molecule has 0 unspecified atom stereocenters. The van der Waals surface area contributed by atoms with Crippen LogP contribution >= 0.6 is 0 Å². The smallest absolute Gasteiger partial charge is 0.122 e. The van der Waals surface area contributed by atoms with Crippen molar-refractivity contribution in [3.05, 3.63) is 24.0 Å². The molecule has 2 nitrogen and oxygen atoms in total. The van der Waals surface area contributed by atoms with E-state index in [0.717, 1.165) is 17.9 Å². The fraction of sp³-hybridized carbons (Fsp3) is 0.375. The first-order valence-corrected chi connectivity index (χ1v) is 3.35. The van der Waals surface area contributed by atoms with Gasteiger partial charge in [-0.3, -0.25) is 4.98 Å². The molecule has 2 heteroatoms. The molecule has 0 atom stereocenters. The van der Waals surface area contributed by atoms with Gasteiger partial charge in [0.2, 0.25) is 0 Å². The minimum absolute atomic E-state index is 0.881. The normalized spacial score (nSPS) is 9.40. The van der Waals surface area contributed by atoms with Gasteiger partial charge in [0, 0.05) is 18.0 Å². The molecule has 0 radical (unpaired) electrons. The van der Waals surface area contributed by atoms with Crippen molar-refractivity contribution < 1.29 is 4.74 Å². The van der Waals surface area contributed by atoms with Gasteiger partial charge >= 0.3 is 0 Å². The Balaban J connectivity index is 2.87. The van der Waals surface area contributed by atoms with Gasteiger partial charge < -0.3 is 4.74 Å². The maximum atomic E-state index is 5.02. The van der Waals surface area contributed by atoms with Crippen LogP contribution in [0.25, 0.3) is 0 Å². The first-order valence-electron chi connectivity index (χ1n) is 3.35. The summed E-state index contributed by atoms with van der Waals surface area (Å²) in [5.41, 5.74) is 1.07. The second kappa shape index (κ2) is 3.20. The summed E-state index contributed by atoms with van der Waals surface area (Å²) in [6.07, 6.45) is 2.72. The van der Waals surface area contributed by atoms with E-state index in [4.69, 9.17) is 4.74 Å². The second-order valence-corrected chi connectivity index (χ2v) is 2.04. The fourth-order valence-corrected chi connectivity index (χ4v) is 0.776. The summed E-state index contributed by atoms with van der Waals surface area (Å²) >= 11 is 0. The van der Waals surface area contributed by atoms with E-state index in [9.17, 15) is 0 Å². The van der Waals surface area contributed by atoms with Crippen LogP contribution in [0.4, 0.5) is 0 Å². The lowest BCUT2D eigenvalue weighted by molar-refractivity contribution is 0.413. The fourth-order valence-electron chi connectivity index (χ4n) is 0.776. The monoisotopic (exact) mass is 137 g/mol. The lowest BCUT2D eigenvalue weighted by atomic mass is 10.3. The first-order chi connectivity index (χ1) is 4.86. The Morgan fingerprint density at radius 2 is 2.40 bits per heavy atom. The van der Waals surface area contributed by atoms with E-state index in [0.29, 0.717) is 0 Å². The molecule has 0 amide bonds. The van der Waals surface area contributed by atoms with Gasteiger partial charge in [-0.25, -0.2) is 0 Å². The van der Waals surface area contributed by atoms with Crippen molar-refractivity contribution in [2.24, 2.45) is 0 Å². The van der Waals surface area contributed by atoms with Gasteiger partial charge in [0.15, 0.2) is 0 Å². The molecule has 1 aromatic heterocycles. The van der Waals surface area contributed by atoms with E-state index >= 15 is 0 Å². The molecule has 0 saturated heterocycles. The van der Waals surface area contributed by atoms with E-state index in [1.54, 1.807) is 13.3 Å². The number of hydrogen-bond acceptors (Lipinski definition) is 2. The van der Waals surface area contributed by atoms with Crippen molar-refractivity contribution in [3.8, 4) is 5.75 Å². The molecule has 0 fully saturated rings. The highest BCUT2D eigenvalue weighted by molar-refractivity contribution is 5.22. The van der Waals surface area contributed by atoms with E-state index < -0.39 is 0 Å². The largest absolute Gasteiger partial charge is 0.497 e. The Kier molecular flexibility index (Phi) is 2.26. The molecule has 1 aromatic rings. The first kappa shape index (κ1) is 7.06. The van der Waals surface area contributed by atoms with Crippen LogP contribution in [0.3, 0.4) is 0 Å². The highest BCUT2D eigenvalue weighted by atomic mass is 16.5. The van der Waals surface area contributed by atoms with Crippen molar-refractivity contribution in [1.29, 1.82) is 0 Å². The van der Waals surface area contributed by atoms with Gasteiger partial charge in [-0.1, -0.05) is 6.92 Å². The van der Waals surface area contributed by atoms with Crippen LogP contribution in [-0.2, 0) is 6.42 Å². The average Bonchev–Trinajstić information content (AvgIpc) is 2.05. The maximum absolute atomic E-state index is 5.02. The number of ether oxygens (including phenoxy) is 1. The molecule has 1 heterocycles. The summed E-state index contributed by atoms with van der Waals surface area (Å²) in [7, 11) is 1.66. The molecular weight excluding hydrogens is 126 g/mol. The summed E-state index contributed by atoms with van der Waals surface area (Å²) in [6.45, 7) is 2.07. The molecule has 0 aliphatic rings. The summed E-state index contributed by atoms with van der Waals surface area (Å²) in [5, 5.41) is 0. The highest BCUT2D eigenvalue weighted by Gasteiger charge is 1.91. The van der Waals surface area contributed by atoms with Crippen LogP contribution in [0.2, 0.25) is 0 Å². The summed E-state index contributed by atoms with van der Waals surface area (Å²) in [6, 6.07) is 3.79. The molecule has 0 aliphatic carbocycles. The minimum Gasteiger partial charge on any atom is -0.497 e. The SMILES string of the molecule is CCc1cc(OC)ccn1. The summed E-state index contributed by atoms with van der Waals surface area (Å²) < 4.78 is 5.02. The number of nitrogens with zero attached hydrogens (tertiary/aromatic N) is 1. The zero-order chi connectivity index (χ0) is 7.40. The number of rotatable bonds is 2. The number of methoxy groups -OCH3 is 1. The second-order valence-electron chi connectivity index (χ2n) is 2.04. The van der Waals surface area contributed by atoms with Crippen molar-refractivity contribution >= 4 is 0 Å². The number of aromatic nitrogens is 1. The van der Waals surface area contributed by atoms with Crippen molar-refractivity contribution in [1.82, 2.24) is 4.98 Å². The Bertz CT molecular complexity index is 191. The van der Waals surface area contributed by atoms with Gasteiger partial charge in [-0.15, -0.1) is 0 Å². The van der Waals surface area contributed by atoms with Crippen LogP contribution in [0.15, 0.2) is 18.3 Å². The molecule has 0 aromatic carbocycles. The third-order valence-electron chi connectivity index (χ3n) is 1.39. The van der Waals surface area contributed by atoms with Crippen LogP contribution in [-0.4, -0.2) is 12.1 Å². The van der Waals surface area contributed by atoms with Crippen molar-refractivity contribution in [2.45, 2.75) is 13.3 Å². The average molecular weight is 137 g/mol. The van der Waals surface area contributed by atoms with Crippen LogP contribution in [0.5, 0.6) is 5.75 Å². The van der Waals surface area contributed by atoms with E-state index in [2.05, 4.69) is 11.9 Å². The van der Waals surface area contributed by atoms with Gasteiger partial charge in [0.05, 0.1) is 7.11 Å². The number of pyridine rings is 1. The summed E-state index contributed by atoms with van der Waals surface area (Å²) in [5.74, 6) is 0.881. The third-order valence-corrected chi connectivity index (χ3v) is 1.39. The van der Waals surface area contributed by atoms with Crippen LogP contribution < -0.4 is 4.74 Å². The van der Waals surface area contributed by atoms with E-state index in [-0.39, 0.29) is 0 Å². The molecule has 0 aliphatic heterocycles. The Morgan fingerprint density at radius 1 is 1.60 bits per heavy atom. The lowest BCUT2D eigenvalue weighted by Gasteiger charge is -1.99. The predicted molar refractivity (Wildman–Crippen MR) is 40.2 cm³/mol. The summed E-state index contributed by atoms with van der Waals surface area (Å²) in [4.78, 5) is 4.13. The molecule has 1 rings (SSSR count). The van der Waals surface area contributed by atoms with Crippen molar-refractivity contribution in [2.75, 3.05) is 7.11 Å². The lowest BCUT2D eigenvalue weighted by Crippen LogP contribution is -1.88. The number of hydrogen-bond donors (Lipinski definition) is 0. The van der Waals surface area contributed by atoms with Gasteiger partial charge in [0.1, 0.15) is 5.75 Å². The van der Waals surface area contributed by atoms with Crippen molar-refractivity contribution in [3.63, 3.8) is 0 Å². The highest BCUT2D eigenvalue weighted by Crippen LogP contribution is 2.09. The molecule has 0 saturated carbocycles. The van der Waals surface area contributed by atoms with Gasteiger partial charge in [-0.05, 0) is 12.5 Å².